The van der Waals surface area contributed by atoms with Crippen molar-refractivity contribution in [2.24, 2.45) is 0 Å². The van der Waals surface area contributed by atoms with Gasteiger partial charge in [0, 0.05) is 17.4 Å². The van der Waals surface area contributed by atoms with Crippen LogP contribution < -0.4 is 5.32 Å². The van der Waals surface area contributed by atoms with Crippen molar-refractivity contribution in [1.29, 1.82) is 0 Å². The molecule has 0 saturated carbocycles. The lowest BCUT2D eigenvalue weighted by atomic mass is 9.77. The minimum atomic E-state index is -0.374. The summed E-state index contributed by atoms with van der Waals surface area (Å²) in [4.78, 5) is 23.9. The molecule has 1 aromatic carbocycles. The standard InChI is InChI=1S/C15H12ClNO2S/c16-11-3-1-2-9(6-11)14-12(10-4-5-20-8-10)7-13(18)17-15(14)19/h1-6,8,12,14H,7H2,(H,17,18,19). The molecule has 2 heterocycles. The summed E-state index contributed by atoms with van der Waals surface area (Å²) in [6.07, 6.45) is 0.319. The van der Waals surface area contributed by atoms with Gasteiger partial charge in [-0.15, -0.1) is 0 Å². The Kier molecular flexibility index (Phi) is 3.59. The van der Waals surface area contributed by atoms with E-state index in [0.29, 0.717) is 11.4 Å². The molecule has 3 nitrogen and oxygen atoms in total. The summed E-state index contributed by atoms with van der Waals surface area (Å²) in [5, 5.41) is 6.97. The van der Waals surface area contributed by atoms with E-state index in [0.717, 1.165) is 11.1 Å². The van der Waals surface area contributed by atoms with Crippen LogP contribution >= 0.6 is 22.9 Å². The van der Waals surface area contributed by atoms with Gasteiger partial charge in [-0.1, -0.05) is 23.7 Å². The van der Waals surface area contributed by atoms with Crippen LogP contribution in [0.15, 0.2) is 41.1 Å². The predicted molar refractivity (Wildman–Crippen MR) is 79.0 cm³/mol. The van der Waals surface area contributed by atoms with Gasteiger partial charge in [0.2, 0.25) is 11.8 Å². The van der Waals surface area contributed by atoms with Crippen LogP contribution in [0.4, 0.5) is 0 Å². The molecule has 2 aromatic rings. The quantitative estimate of drug-likeness (QED) is 0.865. The first-order valence-corrected chi connectivity index (χ1v) is 7.58. The number of carbonyl (C=O) groups excluding carboxylic acids is 2. The van der Waals surface area contributed by atoms with Crippen molar-refractivity contribution in [3.63, 3.8) is 0 Å². The van der Waals surface area contributed by atoms with Gasteiger partial charge in [-0.3, -0.25) is 14.9 Å². The zero-order valence-electron chi connectivity index (χ0n) is 10.5. The first-order chi connectivity index (χ1) is 9.65. The van der Waals surface area contributed by atoms with Crippen molar-refractivity contribution in [3.8, 4) is 0 Å². The highest BCUT2D eigenvalue weighted by molar-refractivity contribution is 7.08. The van der Waals surface area contributed by atoms with E-state index < -0.39 is 0 Å². The van der Waals surface area contributed by atoms with Gasteiger partial charge in [0.15, 0.2) is 0 Å². The minimum Gasteiger partial charge on any atom is -0.296 e. The number of rotatable bonds is 2. The first kappa shape index (κ1) is 13.3. The van der Waals surface area contributed by atoms with Crippen LogP contribution in [-0.4, -0.2) is 11.8 Å². The summed E-state index contributed by atoms with van der Waals surface area (Å²) < 4.78 is 0. The Hall–Kier alpha value is -1.65. The number of thiophene rings is 1. The maximum absolute atomic E-state index is 12.3. The highest BCUT2D eigenvalue weighted by Crippen LogP contribution is 2.39. The molecular formula is C15H12ClNO2S. The molecule has 5 heteroatoms. The Morgan fingerprint density at radius 3 is 2.75 bits per heavy atom. The van der Waals surface area contributed by atoms with E-state index in [1.165, 1.54) is 0 Å². The summed E-state index contributed by atoms with van der Waals surface area (Å²) >= 11 is 7.58. The van der Waals surface area contributed by atoms with E-state index in [-0.39, 0.29) is 23.7 Å². The number of imide groups is 1. The van der Waals surface area contributed by atoms with E-state index in [2.05, 4.69) is 5.32 Å². The van der Waals surface area contributed by atoms with E-state index in [4.69, 9.17) is 11.6 Å². The van der Waals surface area contributed by atoms with Crippen LogP contribution in [0.1, 0.15) is 29.4 Å². The number of amides is 2. The second kappa shape index (κ2) is 5.38. The van der Waals surface area contributed by atoms with Crippen LogP contribution in [-0.2, 0) is 9.59 Å². The molecule has 2 amide bonds. The summed E-state index contributed by atoms with van der Waals surface area (Å²) in [6.45, 7) is 0. The molecule has 1 aliphatic rings. The zero-order chi connectivity index (χ0) is 14.1. The molecular weight excluding hydrogens is 294 g/mol. The van der Waals surface area contributed by atoms with Crippen molar-refractivity contribution in [2.75, 3.05) is 0 Å². The van der Waals surface area contributed by atoms with Gasteiger partial charge in [-0.2, -0.15) is 11.3 Å². The lowest BCUT2D eigenvalue weighted by molar-refractivity contribution is -0.135. The molecule has 2 unspecified atom stereocenters. The summed E-state index contributed by atoms with van der Waals surface area (Å²) in [7, 11) is 0. The molecule has 1 aromatic heterocycles. The van der Waals surface area contributed by atoms with Gasteiger partial charge in [-0.25, -0.2) is 0 Å². The van der Waals surface area contributed by atoms with Gasteiger partial charge >= 0.3 is 0 Å². The van der Waals surface area contributed by atoms with Gasteiger partial charge in [-0.05, 0) is 40.1 Å². The molecule has 0 aliphatic carbocycles. The molecule has 3 rings (SSSR count). The lowest BCUT2D eigenvalue weighted by Crippen LogP contribution is -2.43. The average Bonchev–Trinajstić information content (AvgIpc) is 2.91. The summed E-state index contributed by atoms with van der Waals surface area (Å²) in [5.74, 6) is -0.967. The molecule has 1 aliphatic heterocycles. The van der Waals surface area contributed by atoms with Crippen molar-refractivity contribution >= 4 is 34.8 Å². The normalized spacial score (nSPS) is 22.6. The maximum Gasteiger partial charge on any atom is 0.234 e. The smallest absolute Gasteiger partial charge is 0.234 e. The fourth-order valence-corrected chi connectivity index (χ4v) is 3.57. The fraction of sp³-hybridized carbons (Fsp3) is 0.200. The van der Waals surface area contributed by atoms with Crippen LogP contribution in [0.5, 0.6) is 0 Å². The first-order valence-electron chi connectivity index (χ1n) is 6.26. The largest absolute Gasteiger partial charge is 0.296 e. The van der Waals surface area contributed by atoms with Gasteiger partial charge in [0.1, 0.15) is 0 Å². The van der Waals surface area contributed by atoms with Crippen LogP contribution in [0.2, 0.25) is 5.02 Å². The number of piperidine rings is 1. The Morgan fingerprint density at radius 1 is 1.20 bits per heavy atom. The van der Waals surface area contributed by atoms with Crippen LogP contribution in [0, 0.1) is 0 Å². The molecule has 0 spiro atoms. The molecule has 0 bridgehead atoms. The highest BCUT2D eigenvalue weighted by Gasteiger charge is 2.38. The number of nitrogens with one attached hydrogen (secondary N) is 1. The highest BCUT2D eigenvalue weighted by atomic mass is 35.5. The third kappa shape index (κ3) is 2.49. The van der Waals surface area contributed by atoms with Crippen molar-refractivity contribution in [3.05, 3.63) is 57.2 Å². The average molecular weight is 306 g/mol. The minimum absolute atomic E-state index is 0.124. The van der Waals surface area contributed by atoms with Crippen molar-refractivity contribution < 1.29 is 9.59 Å². The molecule has 1 saturated heterocycles. The van der Waals surface area contributed by atoms with Gasteiger partial charge in [0.05, 0.1) is 5.92 Å². The summed E-state index contributed by atoms with van der Waals surface area (Å²) in [5.41, 5.74) is 1.88. The topological polar surface area (TPSA) is 46.2 Å². The monoisotopic (exact) mass is 305 g/mol. The second-order valence-corrected chi connectivity index (χ2v) is 6.03. The Morgan fingerprint density at radius 2 is 2.05 bits per heavy atom. The van der Waals surface area contributed by atoms with Gasteiger partial charge in [0.25, 0.3) is 0 Å². The van der Waals surface area contributed by atoms with Crippen molar-refractivity contribution in [2.45, 2.75) is 18.3 Å². The molecule has 20 heavy (non-hydrogen) atoms. The number of hydrogen-bond acceptors (Lipinski definition) is 3. The Bertz CT molecular complexity index is 654. The predicted octanol–water partition coefficient (Wildman–Crippen LogP) is 3.32. The van der Waals surface area contributed by atoms with Crippen LogP contribution in [0.25, 0.3) is 0 Å². The lowest BCUT2D eigenvalue weighted by Gasteiger charge is -2.30. The SMILES string of the molecule is O=C1CC(c2ccsc2)C(c2cccc(Cl)c2)C(=O)N1. The number of halogens is 1. The maximum atomic E-state index is 12.3. The van der Waals surface area contributed by atoms with Gasteiger partial charge < -0.3 is 0 Å². The second-order valence-electron chi connectivity index (χ2n) is 4.81. The van der Waals surface area contributed by atoms with Crippen LogP contribution in [0.3, 0.4) is 0 Å². The van der Waals surface area contributed by atoms with Crippen molar-refractivity contribution in [1.82, 2.24) is 5.32 Å². The van der Waals surface area contributed by atoms with E-state index in [1.54, 1.807) is 23.5 Å². The summed E-state index contributed by atoms with van der Waals surface area (Å²) in [6, 6.07) is 9.24. The van der Waals surface area contributed by atoms with E-state index in [9.17, 15) is 9.59 Å². The number of benzene rings is 1. The zero-order valence-corrected chi connectivity index (χ0v) is 12.1. The molecule has 1 N–H and O–H groups in total. The number of carbonyl (C=O) groups is 2. The molecule has 2 atom stereocenters. The molecule has 1 fully saturated rings. The van der Waals surface area contributed by atoms with E-state index >= 15 is 0 Å². The third-order valence-electron chi connectivity index (χ3n) is 3.53. The molecule has 102 valence electrons. The third-order valence-corrected chi connectivity index (χ3v) is 4.47. The fourth-order valence-electron chi connectivity index (χ4n) is 2.65. The number of hydrogen-bond donors (Lipinski definition) is 1. The molecule has 0 radical (unpaired) electrons. The van der Waals surface area contributed by atoms with E-state index in [1.807, 2.05) is 29.0 Å². The Balaban J connectivity index is 2.04. The Labute approximate surface area is 125 Å².